The molecule has 7 heteroatoms. The molecule has 5 nitrogen and oxygen atoms in total. The van der Waals surface area contributed by atoms with Crippen LogP contribution in [0.5, 0.6) is 0 Å². The Morgan fingerprint density at radius 1 is 1.40 bits per heavy atom. The maximum Gasteiger partial charge on any atom is 0.233 e. The van der Waals surface area contributed by atoms with Gasteiger partial charge in [-0.05, 0) is 40.0 Å². The lowest BCUT2D eigenvalue weighted by Crippen LogP contribution is -2.48. The first-order valence-corrected chi connectivity index (χ1v) is 8.93. The number of nitrogens with one attached hydrogen (secondary N) is 1. The van der Waals surface area contributed by atoms with E-state index in [0.717, 1.165) is 28.9 Å². The fourth-order valence-electron chi connectivity index (χ4n) is 2.60. The summed E-state index contributed by atoms with van der Waals surface area (Å²) in [6.07, 6.45) is 3.45. The number of thioether (sulfide) groups is 1. The fourth-order valence-corrected chi connectivity index (χ4v) is 4.29. The van der Waals surface area contributed by atoms with E-state index in [1.54, 1.807) is 0 Å². The normalized spacial score (nSPS) is 22.9. The summed E-state index contributed by atoms with van der Waals surface area (Å²) in [5.74, 6) is 0.671. The zero-order chi connectivity index (χ0) is 14.5. The van der Waals surface area contributed by atoms with Gasteiger partial charge in [0.25, 0.3) is 0 Å². The Morgan fingerprint density at radius 3 is 2.75 bits per heavy atom. The second kappa shape index (κ2) is 7.26. The zero-order valence-electron chi connectivity index (χ0n) is 12.3. The second-order valence-corrected chi connectivity index (χ2v) is 7.32. The van der Waals surface area contributed by atoms with Gasteiger partial charge in [-0.15, -0.1) is 10.2 Å². The van der Waals surface area contributed by atoms with Crippen molar-refractivity contribution < 1.29 is 4.79 Å². The molecule has 0 spiro atoms. The van der Waals surface area contributed by atoms with E-state index in [4.69, 9.17) is 0 Å². The van der Waals surface area contributed by atoms with Crippen LogP contribution in [0.3, 0.4) is 0 Å². The van der Waals surface area contributed by atoms with Crippen LogP contribution in [0.2, 0.25) is 0 Å². The maximum absolute atomic E-state index is 12.4. The number of piperidine rings is 1. The molecule has 2 heterocycles. The predicted molar refractivity (Wildman–Crippen MR) is 84.4 cm³/mol. The number of aromatic nitrogens is 2. The van der Waals surface area contributed by atoms with Crippen LogP contribution in [0, 0.1) is 0 Å². The standard InChI is InChI=1S/C13H22N4OS2/c1-4-14-12-15-16-13(20-12)19-8-11(18)17-9(2)6-5-7-10(17)3/h9-10H,4-8H2,1-3H3,(H,14,15)/t9-,10-/m0/s1. The molecular formula is C13H22N4OS2. The molecule has 0 aromatic carbocycles. The quantitative estimate of drug-likeness (QED) is 0.847. The summed E-state index contributed by atoms with van der Waals surface area (Å²) in [5, 5.41) is 12.1. The third-order valence-electron chi connectivity index (χ3n) is 3.54. The van der Waals surface area contributed by atoms with E-state index < -0.39 is 0 Å². The molecule has 1 aromatic rings. The molecule has 0 aliphatic carbocycles. The van der Waals surface area contributed by atoms with Crippen molar-refractivity contribution in [3.05, 3.63) is 0 Å². The topological polar surface area (TPSA) is 58.1 Å². The molecule has 0 unspecified atom stereocenters. The van der Waals surface area contributed by atoms with E-state index in [2.05, 4.69) is 29.4 Å². The van der Waals surface area contributed by atoms with Crippen LogP contribution in [0.25, 0.3) is 0 Å². The number of hydrogen-bond acceptors (Lipinski definition) is 6. The molecule has 1 aliphatic rings. The lowest BCUT2D eigenvalue weighted by atomic mass is 9.98. The van der Waals surface area contributed by atoms with Crippen LogP contribution in [0.4, 0.5) is 5.13 Å². The Labute approximate surface area is 128 Å². The SMILES string of the molecule is CCNc1nnc(SCC(=O)N2[C@@H](C)CCC[C@@H]2C)s1. The third kappa shape index (κ3) is 3.85. The number of anilines is 1. The molecule has 1 saturated heterocycles. The van der Waals surface area contributed by atoms with E-state index in [1.165, 1.54) is 29.5 Å². The van der Waals surface area contributed by atoms with Gasteiger partial charge in [-0.1, -0.05) is 23.1 Å². The number of amides is 1. The summed E-state index contributed by atoms with van der Waals surface area (Å²) in [5.41, 5.74) is 0. The van der Waals surface area contributed by atoms with Crippen molar-refractivity contribution in [1.29, 1.82) is 0 Å². The highest BCUT2D eigenvalue weighted by Crippen LogP contribution is 2.28. The molecule has 20 heavy (non-hydrogen) atoms. The number of carbonyl (C=O) groups is 1. The number of nitrogens with zero attached hydrogens (tertiary/aromatic N) is 3. The Bertz CT molecular complexity index is 441. The molecule has 2 atom stereocenters. The minimum absolute atomic E-state index is 0.218. The van der Waals surface area contributed by atoms with Crippen LogP contribution in [-0.4, -0.2) is 45.4 Å². The highest BCUT2D eigenvalue weighted by molar-refractivity contribution is 8.01. The van der Waals surface area contributed by atoms with E-state index in [0.29, 0.717) is 17.8 Å². The maximum atomic E-state index is 12.4. The summed E-state index contributed by atoms with van der Waals surface area (Å²) in [6.45, 7) is 7.15. The Morgan fingerprint density at radius 2 is 2.10 bits per heavy atom. The van der Waals surface area contributed by atoms with Crippen LogP contribution in [0.15, 0.2) is 4.34 Å². The van der Waals surface area contributed by atoms with Crippen molar-refractivity contribution in [2.45, 2.75) is 56.5 Å². The van der Waals surface area contributed by atoms with Gasteiger partial charge in [0.15, 0.2) is 4.34 Å². The average Bonchev–Trinajstić information content (AvgIpc) is 2.84. The summed E-state index contributed by atoms with van der Waals surface area (Å²) in [7, 11) is 0. The summed E-state index contributed by atoms with van der Waals surface area (Å²) in [6, 6.07) is 0.720. The van der Waals surface area contributed by atoms with Crippen molar-refractivity contribution in [3.8, 4) is 0 Å². The monoisotopic (exact) mass is 314 g/mol. The van der Waals surface area contributed by atoms with Crippen molar-refractivity contribution in [3.63, 3.8) is 0 Å². The number of carbonyl (C=O) groups excluding carboxylic acids is 1. The molecule has 1 aliphatic heterocycles. The molecule has 1 amide bonds. The first-order chi connectivity index (χ1) is 9.61. The van der Waals surface area contributed by atoms with E-state index >= 15 is 0 Å². The van der Waals surface area contributed by atoms with Crippen molar-refractivity contribution in [1.82, 2.24) is 15.1 Å². The summed E-state index contributed by atoms with van der Waals surface area (Å²) >= 11 is 2.99. The lowest BCUT2D eigenvalue weighted by molar-refractivity contribution is -0.134. The highest BCUT2D eigenvalue weighted by atomic mass is 32.2. The van der Waals surface area contributed by atoms with Gasteiger partial charge in [0.05, 0.1) is 5.75 Å². The molecule has 112 valence electrons. The van der Waals surface area contributed by atoms with Crippen LogP contribution in [-0.2, 0) is 4.79 Å². The van der Waals surface area contributed by atoms with Gasteiger partial charge in [-0.2, -0.15) is 0 Å². The Hall–Kier alpha value is -0.820. The first-order valence-electron chi connectivity index (χ1n) is 7.13. The van der Waals surface area contributed by atoms with Crippen LogP contribution >= 0.6 is 23.1 Å². The first kappa shape index (κ1) is 15.6. The largest absolute Gasteiger partial charge is 0.360 e. The Balaban J connectivity index is 1.87. The molecular weight excluding hydrogens is 292 g/mol. The minimum Gasteiger partial charge on any atom is -0.360 e. The third-order valence-corrected chi connectivity index (χ3v) is 5.53. The van der Waals surface area contributed by atoms with Gasteiger partial charge < -0.3 is 10.2 Å². The van der Waals surface area contributed by atoms with E-state index in [1.807, 2.05) is 11.8 Å². The molecule has 0 saturated carbocycles. The smallest absolute Gasteiger partial charge is 0.233 e. The lowest BCUT2D eigenvalue weighted by Gasteiger charge is -2.39. The van der Waals surface area contributed by atoms with Crippen molar-refractivity contribution in [2.75, 3.05) is 17.6 Å². The summed E-state index contributed by atoms with van der Waals surface area (Å²) in [4.78, 5) is 14.4. The fraction of sp³-hybridized carbons (Fsp3) is 0.769. The highest BCUT2D eigenvalue weighted by Gasteiger charge is 2.28. The molecule has 1 N–H and O–H groups in total. The molecule has 1 fully saturated rings. The molecule has 2 rings (SSSR count). The molecule has 0 bridgehead atoms. The number of hydrogen-bond donors (Lipinski definition) is 1. The van der Waals surface area contributed by atoms with Crippen LogP contribution < -0.4 is 5.32 Å². The minimum atomic E-state index is 0.218. The van der Waals surface area contributed by atoms with Gasteiger partial charge in [-0.25, -0.2) is 0 Å². The van der Waals surface area contributed by atoms with Gasteiger partial charge in [0.2, 0.25) is 11.0 Å². The average molecular weight is 314 g/mol. The van der Waals surface area contributed by atoms with Gasteiger partial charge in [0, 0.05) is 18.6 Å². The zero-order valence-corrected chi connectivity index (χ0v) is 13.9. The molecule has 0 radical (unpaired) electrons. The van der Waals surface area contributed by atoms with Crippen molar-refractivity contribution >= 4 is 34.1 Å². The van der Waals surface area contributed by atoms with E-state index in [-0.39, 0.29) is 5.91 Å². The van der Waals surface area contributed by atoms with Crippen molar-refractivity contribution in [2.24, 2.45) is 0 Å². The van der Waals surface area contributed by atoms with Crippen LogP contribution in [0.1, 0.15) is 40.0 Å². The number of rotatable bonds is 5. The predicted octanol–water partition coefficient (Wildman–Crippen LogP) is 2.85. The Kier molecular flexibility index (Phi) is 5.65. The molecule has 1 aromatic heterocycles. The number of likely N-dealkylation sites (tertiary alicyclic amines) is 1. The van der Waals surface area contributed by atoms with Gasteiger partial charge in [-0.3, -0.25) is 4.79 Å². The van der Waals surface area contributed by atoms with Gasteiger partial charge >= 0.3 is 0 Å². The second-order valence-electron chi connectivity index (χ2n) is 5.12. The van der Waals surface area contributed by atoms with E-state index in [9.17, 15) is 4.79 Å². The summed E-state index contributed by atoms with van der Waals surface area (Å²) < 4.78 is 0.853. The van der Waals surface area contributed by atoms with Gasteiger partial charge in [0.1, 0.15) is 0 Å².